The van der Waals surface area contributed by atoms with Crippen molar-refractivity contribution >= 4 is 17.7 Å². The third kappa shape index (κ3) is 18.4. The number of esters is 1. The van der Waals surface area contributed by atoms with Crippen molar-refractivity contribution in [1.29, 1.82) is 0 Å². The molecule has 0 unspecified atom stereocenters. The largest absolute Gasteiger partial charge is 0.494 e. The van der Waals surface area contributed by atoms with E-state index in [0.717, 1.165) is 12.2 Å². The van der Waals surface area contributed by atoms with Crippen molar-refractivity contribution in [3.05, 3.63) is 65.7 Å². The lowest BCUT2D eigenvalue weighted by molar-refractivity contribution is -0.141. The predicted molar refractivity (Wildman–Crippen MR) is 135 cm³/mol. The number of carbonyl (C=O) groups is 3. The van der Waals surface area contributed by atoms with Gasteiger partial charge in [-0.25, -0.2) is 0 Å². The van der Waals surface area contributed by atoms with Crippen molar-refractivity contribution in [2.45, 2.75) is 72.1 Å². The molecule has 2 aromatic carbocycles. The minimum atomic E-state index is -0.778. The number of carboxylic acid groups (broad SMARTS) is 1. The Bertz CT molecular complexity index is 799. The molecule has 0 saturated carbocycles. The summed E-state index contributed by atoms with van der Waals surface area (Å²) < 4.78 is 9.70. The maximum Gasteiger partial charge on any atom is 0.305 e. The van der Waals surface area contributed by atoms with Gasteiger partial charge >= 0.3 is 11.9 Å². The van der Waals surface area contributed by atoms with Crippen LogP contribution in [0.15, 0.2) is 54.6 Å². The second-order valence-corrected chi connectivity index (χ2v) is 7.71. The number of hydrogen-bond acceptors (Lipinski definition) is 5. The summed E-state index contributed by atoms with van der Waals surface area (Å²) in [4.78, 5) is 30.8. The average Bonchev–Trinajstić information content (AvgIpc) is 2.85. The molecule has 6 nitrogen and oxygen atoms in total. The molecule has 0 heterocycles. The molecular weight excluding hydrogens is 432 g/mol. The monoisotopic (exact) mass is 472 g/mol. The van der Waals surface area contributed by atoms with Crippen LogP contribution in [0.1, 0.15) is 70.4 Å². The van der Waals surface area contributed by atoms with Crippen molar-refractivity contribution in [3.63, 3.8) is 0 Å². The van der Waals surface area contributed by atoms with Gasteiger partial charge < -0.3 is 19.4 Å². The maximum absolute atomic E-state index is 10.3. The third-order valence-electron chi connectivity index (χ3n) is 4.71. The van der Waals surface area contributed by atoms with Gasteiger partial charge in [0.15, 0.2) is 0 Å². The van der Waals surface area contributed by atoms with Gasteiger partial charge in [0.25, 0.3) is 0 Å². The summed E-state index contributed by atoms with van der Waals surface area (Å²) >= 11 is 0. The van der Waals surface area contributed by atoms with E-state index in [-0.39, 0.29) is 31.0 Å². The number of benzene rings is 2. The lowest BCUT2D eigenvalue weighted by atomic mass is 10.1. The molecule has 0 saturated heterocycles. The smallest absolute Gasteiger partial charge is 0.305 e. The number of hydrogen-bond donors (Lipinski definition) is 1. The van der Waals surface area contributed by atoms with Crippen molar-refractivity contribution in [1.82, 2.24) is 0 Å². The Labute approximate surface area is 204 Å². The molecule has 34 heavy (non-hydrogen) atoms. The Morgan fingerprint density at radius 2 is 1.47 bits per heavy atom. The quantitative estimate of drug-likeness (QED) is 0.299. The van der Waals surface area contributed by atoms with E-state index in [1.165, 1.54) is 44.4 Å². The van der Waals surface area contributed by atoms with Gasteiger partial charge in [0.05, 0.1) is 20.1 Å². The number of unbranched alkanes of at least 4 members (excludes halogenated alkanes) is 1. The number of carboxylic acids is 1. The number of aryl methyl sites for hydroxylation is 2. The van der Waals surface area contributed by atoms with Crippen molar-refractivity contribution in [2.24, 2.45) is 0 Å². The zero-order chi connectivity index (χ0) is 25.6. The SMILES string of the molecule is CCCCc1ccccc1.CCc1ccc(OCCCC(=O)O)cc1.COC(=O)CCC(C)=O. The van der Waals surface area contributed by atoms with Gasteiger partial charge in [-0.1, -0.05) is 62.7 Å². The van der Waals surface area contributed by atoms with Gasteiger partial charge in [0, 0.05) is 12.8 Å². The topological polar surface area (TPSA) is 89.9 Å². The van der Waals surface area contributed by atoms with Gasteiger partial charge in [0.2, 0.25) is 0 Å². The second-order valence-electron chi connectivity index (χ2n) is 7.71. The van der Waals surface area contributed by atoms with Gasteiger partial charge in [-0.05, 0) is 55.9 Å². The first-order valence-electron chi connectivity index (χ1n) is 11.9. The Morgan fingerprint density at radius 3 is 1.97 bits per heavy atom. The summed E-state index contributed by atoms with van der Waals surface area (Å²) in [7, 11) is 1.31. The molecule has 0 bridgehead atoms. The Balaban J connectivity index is 0.000000504. The summed E-state index contributed by atoms with van der Waals surface area (Å²) in [5.41, 5.74) is 2.73. The van der Waals surface area contributed by atoms with Crippen molar-refractivity contribution < 1.29 is 29.0 Å². The lowest BCUT2D eigenvalue weighted by Crippen LogP contribution is -2.02. The molecule has 0 aromatic heterocycles. The molecule has 0 amide bonds. The average molecular weight is 473 g/mol. The predicted octanol–water partition coefficient (Wildman–Crippen LogP) is 6.05. The van der Waals surface area contributed by atoms with Crippen LogP contribution in [0.25, 0.3) is 0 Å². The molecule has 1 N–H and O–H groups in total. The summed E-state index contributed by atoms with van der Waals surface area (Å²) in [6.45, 7) is 6.23. The highest BCUT2D eigenvalue weighted by Crippen LogP contribution is 2.12. The van der Waals surface area contributed by atoms with Crippen molar-refractivity contribution in [3.8, 4) is 5.75 Å². The normalized spacial score (nSPS) is 9.53. The highest BCUT2D eigenvalue weighted by Gasteiger charge is 2.01. The van der Waals surface area contributed by atoms with E-state index in [4.69, 9.17) is 9.84 Å². The first-order chi connectivity index (χ1) is 16.3. The van der Waals surface area contributed by atoms with Gasteiger partial charge in [0.1, 0.15) is 11.5 Å². The molecule has 0 aliphatic heterocycles. The molecule has 0 aliphatic rings. The van der Waals surface area contributed by atoms with Gasteiger partial charge in [-0.15, -0.1) is 0 Å². The molecule has 0 atom stereocenters. The number of rotatable bonds is 12. The van der Waals surface area contributed by atoms with Crippen LogP contribution in [0.3, 0.4) is 0 Å². The van der Waals surface area contributed by atoms with Crippen LogP contribution < -0.4 is 4.74 Å². The van der Waals surface area contributed by atoms with Crippen LogP contribution in [0.5, 0.6) is 5.75 Å². The van der Waals surface area contributed by atoms with E-state index in [1.54, 1.807) is 0 Å². The molecule has 0 radical (unpaired) electrons. The van der Waals surface area contributed by atoms with Crippen LogP contribution in [0.4, 0.5) is 0 Å². The number of carbonyl (C=O) groups excluding carboxylic acids is 2. The summed E-state index contributed by atoms with van der Waals surface area (Å²) in [5, 5.41) is 8.42. The third-order valence-corrected chi connectivity index (χ3v) is 4.71. The molecule has 0 aliphatic carbocycles. The molecule has 0 fully saturated rings. The van der Waals surface area contributed by atoms with Crippen molar-refractivity contribution in [2.75, 3.05) is 13.7 Å². The highest BCUT2D eigenvalue weighted by atomic mass is 16.5. The fourth-order valence-corrected chi connectivity index (χ4v) is 2.64. The van der Waals surface area contributed by atoms with E-state index in [2.05, 4.69) is 48.9 Å². The number of aliphatic carboxylic acids is 1. The number of ether oxygens (including phenoxy) is 2. The van der Waals surface area contributed by atoms with Gasteiger partial charge in [-0.3, -0.25) is 9.59 Å². The molecular formula is C28H40O6. The molecule has 2 aromatic rings. The first kappa shape index (κ1) is 30.9. The fourth-order valence-electron chi connectivity index (χ4n) is 2.64. The van der Waals surface area contributed by atoms with Crippen LogP contribution in [-0.2, 0) is 32.0 Å². The minimum Gasteiger partial charge on any atom is -0.494 e. The van der Waals surface area contributed by atoms with E-state index >= 15 is 0 Å². The van der Waals surface area contributed by atoms with Crippen LogP contribution in [-0.4, -0.2) is 36.5 Å². The second kappa shape index (κ2) is 20.5. The lowest BCUT2D eigenvalue weighted by Gasteiger charge is -2.05. The molecule has 2 rings (SSSR count). The van der Waals surface area contributed by atoms with Crippen LogP contribution in [0.2, 0.25) is 0 Å². The molecule has 188 valence electrons. The Hall–Kier alpha value is -3.15. The standard InChI is InChI=1S/C12H16O3.C10H14.C6H10O3/c1-2-10-5-7-11(8-6-10)15-9-3-4-12(13)14;1-2-3-7-10-8-5-4-6-9-10;1-5(7)3-4-6(8)9-2/h5-8H,2-4,9H2,1H3,(H,13,14);4-6,8-9H,2-3,7H2,1H3;3-4H2,1-2H3. The summed E-state index contributed by atoms with van der Waals surface area (Å²) in [6, 6.07) is 18.5. The fraction of sp³-hybridized carbons (Fsp3) is 0.464. The number of methoxy groups -OCH3 is 1. The van der Waals surface area contributed by atoms with E-state index in [1.807, 2.05) is 24.3 Å². The number of Topliss-reactive ketones (excluding diaryl/α,β-unsaturated/α-hetero) is 1. The van der Waals surface area contributed by atoms with E-state index in [0.29, 0.717) is 13.0 Å². The molecule has 6 heteroatoms. The van der Waals surface area contributed by atoms with Crippen LogP contribution in [0, 0.1) is 0 Å². The zero-order valence-electron chi connectivity index (χ0n) is 21.0. The highest BCUT2D eigenvalue weighted by molar-refractivity contribution is 5.80. The zero-order valence-corrected chi connectivity index (χ0v) is 21.0. The minimum absolute atomic E-state index is 0.0143. The van der Waals surface area contributed by atoms with E-state index in [9.17, 15) is 14.4 Å². The molecule has 0 spiro atoms. The summed E-state index contributed by atoms with van der Waals surface area (Å²) in [6.07, 6.45) is 6.03. The Kier molecular flexibility index (Phi) is 18.6. The van der Waals surface area contributed by atoms with E-state index < -0.39 is 5.97 Å². The summed E-state index contributed by atoms with van der Waals surface area (Å²) in [5.74, 6) is -0.289. The first-order valence-corrected chi connectivity index (χ1v) is 11.9. The Morgan fingerprint density at radius 1 is 0.824 bits per heavy atom. The van der Waals surface area contributed by atoms with Gasteiger partial charge in [-0.2, -0.15) is 0 Å². The number of ketones is 1. The maximum atomic E-state index is 10.3. The van der Waals surface area contributed by atoms with Crippen LogP contribution >= 0.6 is 0 Å².